The molecule has 1 heterocycles. The Balaban J connectivity index is 2.03. The molecular formula is C12H14NO6-. The number of anilines is 1. The van der Waals surface area contributed by atoms with Gasteiger partial charge < -0.3 is 35.3 Å². The first-order valence-electron chi connectivity index (χ1n) is 5.73. The third-order valence-electron chi connectivity index (χ3n) is 2.93. The van der Waals surface area contributed by atoms with E-state index in [1.807, 2.05) is 0 Å². The summed E-state index contributed by atoms with van der Waals surface area (Å²) in [6, 6.07) is 5.66. The number of nitrogens with one attached hydrogen (secondary N) is 1. The Hall–Kier alpha value is -1.67. The highest BCUT2D eigenvalue weighted by Crippen LogP contribution is 2.18. The third-order valence-corrected chi connectivity index (χ3v) is 2.93. The van der Waals surface area contributed by atoms with Crippen LogP contribution in [0.25, 0.3) is 0 Å². The average molecular weight is 268 g/mol. The van der Waals surface area contributed by atoms with E-state index in [4.69, 9.17) is 4.74 Å². The summed E-state index contributed by atoms with van der Waals surface area (Å²) in [7, 11) is 0. The monoisotopic (exact) mass is 268 g/mol. The molecule has 1 saturated heterocycles. The Morgan fingerprint density at radius 2 is 1.84 bits per heavy atom. The normalized spacial score (nSPS) is 30.9. The van der Waals surface area contributed by atoms with Gasteiger partial charge in [0.1, 0.15) is 18.3 Å². The molecule has 1 aromatic carbocycles. The zero-order valence-electron chi connectivity index (χ0n) is 9.89. The number of aliphatic hydroxyl groups excluding tert-OH is 3. The van der Waals surface area contributed by atoms with E-state index in [0.717, 1.165) is 0 Å². The van der Waals surface area contributed by atoms with Crippen molar-refractivity contribution in [3.63, 3.8) is 0 Å². The number of hydrogen-bond acceptors (Lipinski definition) is 7. The van der Waals surface area contributed by atoms with E-state index < -0.39 is 30.5 Å². The van der Waals surface area contributed by atoms with Crippen molar-refractivity contribution in [3.8, 4) is 0 Å². The Labute approximate surface area is 109 Å². The fourth-order valence-electron chi connectivity index (χ4n) is 1.80. The van der Waals surface area contributed by atoms with Gasteiger partial charge in [-0.2, -0.15) is 0 Å². The van der Waals surface area contributed by atoms with Crippen LogP contribution in [0.4, 0.5) is 5.69 Å². The molecule has 1 aliphatic heterocycles. The van der Waals surface area contributed by atoms with Gasteiger partial charge >= 0.3 is 0 Å². The first kappa shape index (κ1) is 13.8. The SMILES string of the molecule is O=C([O-])c1ccc(N[C@@H]2OC[C@@H](O)[C@@H](O)[C@@H]2O)cc1. The van der Waals surface area contributed by atoms with E-state index >= 15 is 0 Å². The summed E-state index contributed by atoms with van der Waals surface area (Å²) in [5.74, 6) is -1.28. The van der Waals surface area contributed by atoms with Crippen molar-refractivity contribution in [3.05, 3.63) is 29.8 Å². The van der Waals surface area contributed by atoms with Crippen LogP contribution in [0.15, 0.2) is 24.3 Å². The fourth-order valence-corrected chi connectivity index (χ4v) is 1.80. The van der Waals surface area contributed by atoms with Crippen molar-refractivity contribution in [1.82, 2.24) is 0 Å². The second kappa shape index (κ2) is 5.54. The lowest BCUT2D eigenvalue weighted by atomic mass is 10.0. The van der Waals surface area contributed by atoms with Gasteiger partial charge in [-0.05, 0) is 17.7 Å². The number of carbonyl (C=O) groups excluding carboxylic acids is 1. The molecule has 0 bridgehead atoms. The number of rotatable bonds is 3. The van der Waals surface area contributed by atoms with Gasteiger partial charge in [-0.25, -0.2) is 0 Å². The molecule has 0 aromatic heterocycles. The van der Waals surface area contributed by atoms with Gasteiger partial charge in [-0.3, -0.25) is 0 Å². The number of benzene rings is 1. The van der Waals surface area contributed by atoms with Crippen LogP contribution in [-0.2, 0) is 4.74 Å². The van der Waals surface area contributed by atoms with E-state index in [-0.39, 0.29) is 12.2 Å². The summed E-state index contributed by atoms with van der Waals surface area (Å²) in [5.41, 5.74) is 0.545. The number of hydrogen-bond donors (Lipinski definition) is 4. The van der Waals surface area contributed by atoms with Crippen LogP contribution in [0.1, 0.15) is 10.4 Å². The zero-order chi connectivity index (χ0) is 14.0. The van der Waals surface area contributed by atoms with E-state index in [1.54, 1.807) is 0 Å². The third kappa shape index (κ3) is 3.02. The van der Waals surface area contributed by atoms with Crippen molar-refractivity contribution in [2.24, 2.45) is 0 Å². The van der Waals surface area contributed by atoms with E-state index in [9.17, 15) is 25.2 Å². The summed E-state index contributed by atoms with van der Waals surface area (Å²) >= 11 is 0. The molecular weight excluding hydrogens is 254 g/mol. The van der Waals surface area contributed by atoms with Crippen molar-refractivity contribution >= 4 is 11.7 Å². The Kier molecular flexibility index (Phi) is 4.01. The maximum Gasteiger partial charge on any atom is 0.156 e. The molecule has 1 aliphatic rings. The molecule has 104 valence electrons. The van der Waals surface area contributed by atoms with Crippen molar-refractivity contribution in [2.45, 2.75) is 24.5 Å². The molecule has 0 saturated carbocycles. The predicted octanol–water partition coefficient (Wildman–Crippen LogP) is -2.10. The molecule has 1 fully saturated rings. The van der Waals surface area contributed by atoms with E-state index in [1.165, 1.54) is 24.3 Å². The molecule has 0 unspecified atom stereocenters. The van der Waals surface area contributed by atoms with Crippen LogP contribution in [-0.4, -0.2) is 52.4 Å². The molecule has 4 N–H and O–H groups in total. The minimum atomic E-state index is -1.30. The molecule has 0 aliphatic carbocycles. The molecule has 7 heteroatoms. The minimum Gasteiger partial charge on any atom is -0.545 e. The summed E-state index contributed by atoms with van der Waals surface area (Å²) in [6.45, 7) is -0.104. The standard InChI is InChI=1S/C12H15NO6/c14-8-5-19-11(10(16)9(8)15)13-7-3-1-6(2-4-7)12(17)18/h1-4,8-11,13-16H,5H2,(H,17,18)/p-1/t8-,9-,10+,11-/m1/s1. The number of carboxylic acids is 1. The van der Waals surface area contributed by atoms with Gasteiger partial charge in [0.2, 0.25) is 0 Å². The molecule has 0 radical (unpaired) electrons. The number of carbonyl (C=O) groups is 1. The highest BCUT2D eigenvalue weighted by molar-refractivity contribution is 5.86. The molecule has 0 amide bonds. The summed E-state index contributed by atoms with van der Waals surface area (Å²) in [4.78, 5) is 10.6. The minimum absolute atomic E-state index is 0.0334. The van der Waals surface area contributed by atoms with Crippen molar-refractivity contribution in [1.29, 1.82) is 0 Å². The first-order valence-corrected chi connectivity index (χ1v) is 5.73. The highest BCUT2D eigenvalue weighted by atomic mass is 16.5. The molecule has 2 rings (SSSR count). The smallest absolute Gasteiger partial charge is 0.156 e. The van der Waals surface area contributed by atoms with E-state index in [2.05, 4.69) is 5.32 Å². The quantitative estimate of drug-likeness (QED) is 0.495. The van der Waals surface area contributed by atoms with Gasteiger partial charge in [0.05, 0.1) is 12.6 Å². The van der Waals surface area contributed by atoms with Gasteiger partial charge in [0, 0.05) is 5.69 Å². The summed E-state index contributed by atoms with van der Waals surface area (Å²) < 4.78 is 5.15. The molecule has 0 spiro atoms. The molecule has 1 aromatic rings. The van der Waals surface area contributed by atoms with Crippen LogP contribution >= 0.6 is 0 Å². The van der Waals surface area contributed by atoms with Gasteiger partial charge in [0.15, 0.2) is 6.23 Å². The largest absolute Gasteiger partial charge is 0.545 e. The highest BCUT2D eigenvalue weighted by Gasteiger charge is 2.37. The van der Waals surface area contributed by atoms with Gasteiger partial charge in [-0.15, -0.1) is 0 Å². The van der Waals surface area contributed by atoms with Crippen LogP contribution in [0.2, 0.25) is 0 Å². The maximum atomic E-state index is 10.6. The second-order valence-electron chi connectivity index (χ2n) is 4.31. The lowest BCUT2D eigenvalue weighted by Gasteiger charge is -2.35. The molecule has 7 nitrogen and oxygen atoms in total. The van der Waals surface area contributed by atoms with Gasteiger partial charge in [-0.1, -0.05) is 12.1 Å². The lowest BCUT2D eigenvalue weighted by molar-refractivity contribution is -0.255. The van der Waals surface area contributed by atoms with Crippen molar-refractivity contribution in [2.75, 3.05) is 11.9 Å². The van der Waals surface area contributed by atoms with Crippen molar-refractivity contribution < 1.29 is 30.0 Å². The number of carboxylic acid groups (broad SMARTS) is 1. The van der Waals surface area contributed by atoms with Gasteiger partial charge in [0.25, 0.3) is 0 Å². The maximum absolute atomic E-state index is 10.6. The van der Waals surface area contributed by atoms with Crippen LogP contribution in [0, 0.1) is 0 Å². The predicted molar refractivity (Wildman–Crippen MR) is 62.2 cm³/mol. The second-order valence-corrected chi connectivity index (χ2v) is 4.31. The average Bonchev–Trinajstić information content (AvgIpc) is 2.40. The topological polar surface area (TPSA) is 122 Å². The first-order chi connectivity index (χ1) is 8.99. The van der Waals surface area contributed by atoms with Crippen LogP contribution < -0.4 is 10.4 Å². The summed E-state index contributed by atoms with van der Waals surface area (Å²) in [6.07, 6.45) is -4.60. The lowest BCUT2D eigenvalue weighted by Crippen LogP contribution is -2.55. The molecule has 19 heavy (non-hydrogen) atoms. The van der Waals surface area contributed by atoms with E-state index in [0.29, 0.717) is 5.69 Å². The number of ether oxygens (including phenoxy) is 1. The van der Waals surface area contributed by atoms with Crippen LogP contribution in [0.5, 0.6) is 0 Å². The molecule has 4 atom stereocenters. The zero-order valence-corrected chi connectivity index (χ0v) is 9.89. The number of aromatic carboxylic acids is 1. The Morgan fingerprint density at radius 1 is 1.21 bits per heavy atom. The van der Waals surface area contributed by atoms with Crippen LogP contribution in [0.3, 0.4) is 0 Å². The Morgan fingerprint density at radius 3 is 2.42 bits per heavy atom. The fraction of sp³-hybridized carbons (Fsp3) is 0.417. The number of aliphatic hydroxyl groups is 3. The Bertz CT molecular complexity index is 448. The summed E-state index contributed by atoms with van der Waals surface area (Å²) in [5, 5.41) is 41.9.